The maximum atomic E-state index is 14.0. The lowest BCUT2D eigenvalue weighted by Gasteiger charge is -2.27. The standard InChI is InChI=1S/C17H16F2N2/c1-11(2)21(17-15(18)6-5-7-16(17)19)13(4)14-8-12(3)9-20-10-14/h5-10H,1,4H2,2-3H3. The fourth-order valence-electron chi connectivity index (χ4n) is 2.10. The molecule has 1 aromatic heterocycles. The number of rotatable bonds is 4. The second-order valence-corrected chi connectivity index (χ2v) is 4.84. The van der Waals surface area contributed by atoms with Gasteiger partial charge in [0.2, 0.25) is 0 Å². The van der Waals surface area contributed by atoms with Crippen LogP contribution >= 0.6 is 0 Å². The zero-order valence-corrected chi connectivity index (χ0v) is 12.0. The topological polar surface area (TPSA) is 16.1 Å². The Morgan fingerprint density at radius 3 is 2.29 bits per heavy atom. The number of nitrogens with zero attached hydrogens (tertiary/aromatic N) is 2. The van der Waals surface area contributed by atoms with Crippen molar-refractivity contribution >= 4 is 11.4 Å². The van der Waals surface area contributed by atoms with Crippen LogP contribution in [0.1, 0.15) is 18.1 Å². The van der Waals surface area contributed by atoms with Crippen LogP contribution in [0.2, 0.25) is 0 Å². The molecule has 0 radical (unpaired) electrons. The van der Waals surface area contributed by atoms with Crippen molar-refractivity contribution < 1.29 is 8.78 Å². The van der Waals surface area contributed by atoms with E-state index in [1.807, 2.05) is 13.0 Å². The Kier molecular flexibility index (Phi) is 4.17. The molecule has 4 heteroatoms. The van der Waals surface area contributed by atoms with E-state index in [9.17, 15) is 8.78 Å². The zero-order valence-electron chi connectivity index (χ0n) is 12.0. The predicted octanol–water partition coefficient (Wildman–Crippen LogP) is 4.68. The molecule has 0 fully saturated rings. The van der Waals surface area contributed by atoms with Gasteiger partial charge in [-0.05, 0) is 37.6 Å². The predicted molar refractivity (Wildman–Crippen MR) is 81.7 cm³/mol. The summed E-state index contributed by atoms with van der Waals surface area (Å²) in [5.74, 6) is -1.33. The number of allylic oxidation sites excluding steroid dienone is 1. The van der Waals surface area contributed by atoms with Crippen LogP contribution in [0.4, 0.5) is 14.5 Å². The van der Waals surface area contributed by atoms with Crippen LogP contribution < -0.4 is 4.90 Å². The Hall–Kier alpha value is -2.49. The largest absolute Gasteiger partial charge is 0.310 e. The van der Waals surface area contributed by atoms with Gasteiger partial charge in [0, 0.05) is 29.4 Å². The first-order valence-corrected chi connectivity index (χ1v) is 6.42. The number of hydrogen-bond donors (Lipinski definition) is 0. The van der Waals surface area contributed by atoms with Gasteiger partial charge in [-0.15, -0.1) is 0 Å². The van der Waals surface area contributed by atoms with Gasteiger partial charge in [-0.2, -0.15) is 0 Å². The van der Waals surface area contributed by atoms with E-state index >= 15 is 0 Å². The third kappa shape index (κ3) is 2.99. The van der Waals surface area contributed by atoms with E-state index in [1.54, 1.807) is 19.3 Å². The van der Waals surface area contributed by atoms with Crippen LogP contribution in [0.25, 0.3) is 5.70 Å². The molecule has 0 N–H and O–H groups in total. The molecule has 0 aliphatic rings. The molecular formula is C17H16F2N2. The van der Waals surface area contributed by atoms with Crippen molar-refractivity contribution in [3.8, 4) is 0 Å². The minimum atomic E-state index is -0.667. The van der Waals surface area contributed by atoms with Gasteiger partial charge in [0.15, 0.2) is 0 Å². The lowest BCUT2D eigenvalue weighted by atomic mass is 10.1. The van der Waals surface area contributed by atoms with Crippen molar-refractivity contribution in [3.63, 3.8) is 0 Å². The molecule has 0 aliphatic carbocycles. The lowest BCUT2D eigenvalue weighted by molar-refractivity contribution is 0.584. The summed E-state index contributed by atoms with van der Waals surface area (Å²) in [4.78, 5) is 5.44. The quantitative estimate of drug-likeness (QED) is 0.811. The number of anilines is 1. The number of pyridine rings is 1. The highest BCUT2D eigenvalue weighted by Gasteiger charge is 2.21. The molecule has 0 amide bonds. The van der Waals surface area contributed by atoms with E-state index < -0.39 is 11.6 Å². The van der Waals surface area contributed by atoms with Crippen molar-refractivity contribution in [3.05, 3.63) is 78.3 Å². The molecule has 0 atom stereocenters. The van der Waals surface area contributed by atoms with Gasteiger partial charge >= 0.3 is 0 Å². The Morgan fingerprint density at radius 1 is 1.14 bits per heavy atom. The summed E-state index contributed by atoms with van der Waals surface area (Å²) >= 11 is 0. The maximum Gasteiger partial charge on any atom is 0.150 e. The van der Waals surface area contributed by atoms with E-state index in [-0.39, 0.29) is 5.69 Å². The molecule has 1 aromatic carbocycles. The van der Waals surface area contributed by atoms with Crippen LogP contribution in [0.3, 0.4) is 0 Å². The molecule has 0 saturated heterocycles. The highest BCUT2D eigenvalue weighted by Crippen LogP contribution is 2.32. The molecule has 0 spiro atoms. The van der Waals surface area contributed by atoms with Gasteiger partial charge in [-0.25, -0.2) is 8.78 Å². The Morgan fingerprint density at radius 2 is 1.76 bits per heavy atom. The summed E-state index contributed by atoms with van der Waals surface area (Å²) in [7, 11) is 0. The molecule has 0 saturated carbocycles. The van der Waals surface area contributed by atoms with Gasteiger partial charge < -0.3 is 4.90 Å². The first-order valence-electron chi connectivity index (χ1n) is 6.42. The summed E-state index contributed by atoms with van der Waals surface area (Å²) in [5.41, 5.74) is 2.31. The minimum Gasteiger partial charge on any atom is -0.310 e. The number of aryl methyl sites for hydroxylation is 1. The fourth-order valence-corrected chi connectivity index (χ4v) is 2.10. The number of halogens is 2. The van der Waals surface area contributed by atoms with Crippen molar-refractivity contribution in [1.29, 1.82) is 0 Å². The van der Waals surface area contributed by atoms with E-state index in [1.165, 1.54) is 23.1 Å². The second kappa shape index (κ2) is 5.87. The van der Waals surface area contributed by atoms with Crippen molar-refractivity contribution in [2.45, 2.75) is 13.8 Å². The first-order chi connectivity index (χ1) is 9.91. The van der Waals surface area contributed by atoms with Gasteiger partial charge in [0.1, 0.15) is 17.3 Å². The molecule has 0 bridgehead atoms. The van der Waals surface area contributed by atoms with Crippen molar-refractivity contribution in [2.24, 2.45) is 0 Å². The summed E-state index contributed by atoms with van der Waals surface area (Å²) in [6.07, 6.45) is 3.30. The highest BCUT2D eigenvalue weighted by molar-refractivity contribution is 5.81. The van der Waals surface area contributed by atoms with Gasteiger partial charge in [0.05, 0.1) is 0 Å². The molecule has 2 rings (SSSR count). The molecular weight excluding hydrogens is 270 g/mol. The molecule has 21 heavy (non-hydrogen) atoms. The minimum absolute atomic E-state index is 0.184. The van der Waals surface area contributed by atoms with E-state index in [4.69, 9.17) is 0 Å². The summed E-state index contributed by atoms with van der Waals surface area (Å²) in [6.45, 7) is 11.3. The Bertz CT molecular complexity index is 687. The number of aromatic nitrogens is 1. The zero-order chi connectivity index (χ0) is 15.6. The molecule has 1 heterocycles. The van der Waals surface area contributed by atoms with Crippen molar-refractivity contribution in [2.75, 3.05) is 4.90 Å². The van der Waals surface area contributed by atoms with Crippen LogP contribution in [0.5, 0.6) is 0 Å². The van der Waals surface area contributed by atoms with Gasteiger partial charge in [0.25, 0.3) is 0 Å². The summed E-state index contributed by atoms with van der Waals surface area (Å²) < 4.78 is 28.1. The van der Waals surface area contributed by atoms with E-state index in [0.29, 0.717) is 17.0 Å². The van der Waals surface area contributed by atoms with E-state index in [0.717, 1.165) is 5.56 Å². The molecule has 2 aromatic rings. The SMILES string of the molecule is C=C(C)N(C(=C)c1cncc(C)c1)c1c(F)cccc1F. The highest BCUT2D eigenvalue weighted by atomic mass is 19.1. The van der Waals surface area contributed by atoms with Crippen LogP contribution in [-0.2, 0) is 0 Å². The summed E-state index contributed by atoms with van der Waals surface area (Å²) in [5, 5.41) is 0. The average molecular weight is 286 g/mol. The number of hydrogen-bond acceptors (Lipinski definition) is 2. The van der Waals surface area contributed by atoms with Crippen LogP contribution in [-0.4, -0.2) is 4.98 Å². The number of para-hydroxylation sites is 1. The third-order valence-electron chi connectivity index (χ3n) is 3.02. The average Bonchev–Trinajstić information content (AvgIpc) is 2.42. The first kappa shape index (κ1) is 14.9. The fraction of sp³-hybridized carbons (Fsp3) is 0.118. The van der Waals surface area contributed by atoms with Gasteiger partial charge in [-0.1, -0.05) is 19.2 Å². The maximum absolute atomic E-state index is 14.0. The van der Waals surface area contributed by atoms with Gasteiger partial charge in [-0.3, -0.25) is 4.98 Å². The monoisotopic (exact) mass is 286 g/mol. The van der Waals surface area contributed by atoms with Crippen molar-refractivity contribution in [1.82, 2.24) is 4.98 Å². The molecule has 2 nitrogen and oxygen atoms in total. The number of benzene rings is 1. The Balaban J connectivity index is 2.55. The molecule has 0 aliphatic heterocycles. The lowest BCUT2D eigenvalue weighted by Crippen LogP contribution is -2.20. The molecule has 108 valence electrons. The van der Waals surface area contributed by atoms with Crippen LogP contribution in [0.15, 0.2) is 55.5 Å². The Labute approximate surface area is 123 Å². The van der Waals surface area contributed by atoms with Crippen LogP contribution in [0, 0.1) is 18.6 Å². The smallest absolute Gasteiger partial charge is 0.150 e. The second-order valence-electron chi connectivity index (χ2n) is 4.84. The normalized spacial score (nSPS) is 10.3. The van der Waals surface area contributed by atoms with E-state index in [2.05, 4.69) is 18.1 Å². The molecule has 0 unspecified atom stereocenters. The summed E-state index contributed by atoms with van der Waals surface area (Å²) in [6, 6.07) is 5.58. The third-order valence-corrected chi connectivity index (χ3v) is 3.02.